The molecule has 1 fully saturated rings. The molecule has 10 heteroatoms. The first kappa shape index (κ1) is 18.6. The highest BCUT2D eigenvalue weighted by atomic mass is 16.6. The summed E-state index contributed by atoms with van der Waals surface area (Å²) >= 11 is 0. The van der Waals surface area contributed by atoms with Gasteiger partial charge in [-0.25, -0.2) is 0 Å². The van der Waals surface area contributed by atoms with E-state index in [1.165, 1.54) is 10.9 Å². The second-order valence-electron chi connectivity index (χ2n) is 6.55. The molecule has 2 aromatic rings. The van der Waals surface area contributed by atoms with Crippen LogP contribution in [0.3, 0.4) is 0 Å². The molecule has 144 valence electrons. The van der Waals surface area contributed by atoms with E-state index in [2.05, 4.69) is 10.4 Å². The summed E-state index contributed by atoms with van der Waals surface area (Å²) in [5.41, 5.74) is 0.578. The van der Waals surface area contributed by atoms with E-state index in [0.29, 0.717) is 37.4 Å². The molecule has 0 aromatic carbocycles. The smallest absolute Gasteiger partial charge is 0.312 e. The van der Waals surface area contributed by atoms with Crippen LogP contribution >= 0.6 is 0 Å². The van der Waals surface area contributed by atoms with Crippen LogP contribution in [0.5, 0.6) is 0 Å². The molecule has 2 aromatic heterocycles. The van der Waals surface area contributed by atoms with Gasteiger partial charge in [-0.2, -0.15) is 5.10 Å². The summed E-state index contributed by atoms with van der Waals surface area (Å²) in [5, 5.41) is 18.0. The maximum absolute atomic E-state index is 12.3. The van der Waals surface area contributed by atoms with Crippen LogP contribution in [0, 0.1) is 24.0 Å². The van der Waals surface area contributed by atoms with Crippen LogP contribution in [0.4, 0.5) is 5.69 Å². The summed E-state index contributed by atoms with van der Waals surface area (Å²) in [6.07, 6.45) is 2.73. The standard InChI is InChI=1S/C17H21N5O5/c1-11-16(22(25)26)12(2)21(19-11)10-15(23)18-13-5-7-20(8-6-13)17(24)14-4-3-9-27-14/h3-4,9,13H,5-8,10H2,1-2H3,(H,18,23). The SMILES string of the molecule is Cc1nn(CC(=O)NC2CCN(C(=O)c3ccco3)CC2)c(C)c1[N+](=O)[O-]. The first-order chi connectivity index (χ1) is 12.9. The van der Waals surface area contributed by atoms with Crippen molar-refractivity contribution in [2.75, 3.05) is 13.1 Å². The molecular weight excluding hydrogens is 354 g/mol. The largest absolute Gasteiger partial charge is 0.459 e. The monoisotopic (exact) mass is 375 g/mol. The third-order valence-corrected chi connectivity index (χ3v) is 4.70. The molecule has 1 aliphatic rings. The topological polar surface area (TPSA) is 124 Å². The second kappa shape index (κ2) is 7.60. The van der Waals surface area contributed by atoms with Crippen molar-refractivity contribution in [2.24, 2.45) is 0 Å². The number of likely N-dealkylation sites (tertiary alicyclic amines) is 1. The number of carbonyl (C=O) groups excluding carboxylic acids is 2. The molecule has 27 heavy (non-hydrogen) atoms. The Morgan fingerprint density at radius 3 is 2.63 bits per heavy atom. The number of amides is 2. The lowest BCUT2D eigenvalue weighted by Gasteiger charge is -2.31. The average Bonchev–Trinajstić information content (AvgIpc) is 3.23. The van der Waals surface area contributed by atoms with Gasteiger partial charge < -0.3 is 14.6 Å². The molecule has 2 amide bonds. The Morgan fingerprint density at radius 1 is 1.37 bits per heavy atom. The molecule has 0 atom stereocenters. The van der Waals surface area contributed by atoms with Crippen molar-refractivity contribution in [1.82, 2.24) is 20.0 Å². The number of nitrogens with one attached hydrogen (secondary N) is 1. The zero-order valence-electron chi connectivity index (χ0n) is 15.2. The van der Waals surface area contributed by atoms with E-state index in [9.17, 15) is 19.7 Å². The van der Waals surface area contributed by atoms with Crippen LogP contribution in [0.15, 0.2) is 22.8 Å². The number of aryl methyl sites for hydroxylation is 1. The zero-order chi connectivity index (χ0) is 19.6. The Kier molecular flexibility index (Phi) is 5.24. The molecule has 1 saturated heterocycles. The van der Waals surface area contributed by atoms with Crippen LogP contribution < -0.4 is 5.32 Å². The van der Waals surface area contributed by atoms with Gasteiger partial charge in [-0.1, -0.05) is 0 Å². The van der Waals surface area contributed by atoms with Crippen LogP contribution in [-0.2, 0) is 11.3 Å². The van der Waals surface area contributed by atoms with Crippen molar-refractivity contribution >= 4 is 17.5 Å². The van der Waals surface area contributed by atoms with Crippen molar-refractivity contribution in [3.63, 3.8) is 0 Å². The number of hydrogen-bond donors (Lipinski definition) is 1. The molecular formula is C17H21N5O5. The first-order valence-corrected chi connectivity index (χ1v) is 8.67. The second-order valence-corrected chi connectivity index (χ2v) is 6.55. The van der Waals surface area contributed by atoms with E-state index < -0.39 is 4.92 Å². The number of aromatic nitrogens is 2. The number of carbonyl (C=O) groups is 2. The highest BCUT2D eigenvalue weighted by Gasteiger charge is 2.27. The summed E-state index contributed by atoms with van der Waals surface area (Å²) < 4.78 is 6.47. The van der Waals surface area contributed by atoms with Gasteiger partial charge in [0, 0.05) is 19.1 Å². The number of rotatable bonds is 5. The van der Waals surface area contributed by atoms with E-state index in [4.69, 9.17) is 4.42 Å². The summed E-state index contributed by atoms with van der Waals surface area (Å²) in [6.45, 7) is 4.09. The number of nitrogens with zero attached hydrogens (tertiary/aromatic N) is 4. The number of piperidine rings is 1. The van der Waals surface area contributed by atoms with Crippen molar-refractivity contribution < 1.29 is 18.9 Å². The van der Waals surface area contributed by atoms with E-state index in [1.807, 2.05) is 0 Å². The lowest BCUT2D eigenvalue weighted by molar-refractivity contribution is -0.386. The minimum atomic E-state index is -0.488. The van der Waals surface area contributed by atoms with Crippen molar-refractivity contribution in [1.29, 1.82) is 0 Å². The van der Waals surface area contributed by atoms with Crippen molar-refractivity contribution in [2.45, 2.75) is 39.3 Å². The zero-order valence-corrected chi connectivity index (χ0v) is 15.2. The fraction of sp³-hybridized carbons (Fsp3) is 0.471. The molecule has 0 saturated carbocycles. The van der Waals surface area contributed by atoms with Gasteiger partial charge in [-0.05, 0) is 38.8 Å². The van der Waals surface area contributed by atoms with Crippen molar-refractivity contribution in [3.05, 3.63) is 45.7 Å². The summed E-state index contributed by atoms with van der Waals surface area (Å²) in [7, 11) is 0. The van der Waals surface area contributed by atoms with Crippen molar-refractivity contribution in [3.8, 4) is 0 Å². The third-order valence-electron chi connectivity index (χ3n) is 4.70. The molecule has 0 unspecified atom stereocenters. The molecule has 3 rings (SSSR count). The minimum Gasteiger partial charge on any atom is -0.459 e. The highest BCUT2D eigenvalue weighted by molar-refractivity contribution is 5.91. The molecule has 1 aliphatic heterocycles. The molecule has 0 spiro atoms. The van der Waals surface area contributed by atoms with E-state index >= 15 is 0 Å². The Labute approximate surface area is 155 Å². The van der Waals surface area contributed by atoms with Gasteiger partial charge >= 0.3 is 5.69 Å². The molecule has 0 aliphatic carbocycles. The summed E-state index contributed by atoms with van der Waals surface area (Å²) in [6, 6.07) is 3.25. The molecule has 0 bridgehead atoms. The van der Waals surface area contributed by atoms with Gasteiger partial charge in [0.1, 0.15) is 17.9 Å². The van der Waals surface area contributed by atoms with Gasteiger partial charge in [0.2, 0.25) is 5.91 Å². The number of nitro groups is 1. The quantitative estimate of drug-likeness (QED) is 0.623. The Balaban J connectivity index is 1.52. The van der Waals surface area contributed by atoms with Gasteiger partial charge in [-0.3, -0.25) is 24.4 Å². The van der Waals surface area contributed by atoms with Gasteiger partial charge in [0.15, 0.2) is 5.76 Å². The summed E-state index contributed by atoms with van der Waals surface area (Å²) in [5.74, 6) is -0.102. The average molecular weight is 375 g/mol. The fourth-order valence-corrected chi connectivity index (χ4v) is 3.30. The third kappa shape index (κ3) is 3.99. The molecule has 0 radical (unpaired) electrons. The highest BCUT2D eigenvalue weighted by Crippen LogP contribution is 2.21. The number of furan rings is 1. The van der Waals surface area contributed by atoms with E-state index in [0.717, 1.165) is 0 Å². The van der Waals surface area contributed by atoms with E-state index in [1.54, 1.807) is 30.9 Å². The predicted octanol–water partition coefficient (Wildman–Crippen LogP) is 1.42. The normalized spacial score (nSPS) is 15.0. The lowest BCUT2D eigenvalue weighted by Crippen LogP contribution is -2.47. The molecule has 10 nitrogen and oxygen atoms in total. The first-order valence-electron chi connectivity index (χ1n) is 8.67. The van der Waals surface area contributed by atoms with Crippen LogP contribution in [0.1, 0.15) is 34.8 Å². The maximum Gasteiger partial charge on any atom is 0.312 e. The summed E-state index contributed by atoms with van der Waals surface area (Å²) in [4.78, 5) is 36.8. The van der Waals surface area contributed by atoms with E-state index in [-0.39, 0.29) is 35.8 Å². The Bertz CT molecular complexity index is 849. The lowest BCUT2D eigenvalue weighted by atomic mass is 10.0. The maximum atomic E-state index is 12.3. The van der Waals surface area contributed by atoms with Crippen LogP contribution in [0.2, 0.25) is 0 Å². The van der Waals surface area contributed by atoms with Crippen LogP contribution in [0.25, 0.3) is 0 Å². The molecule has 1 N–H and O–H groups in total. The number of hydrogen-bond acceptors (Lipinski definition) is 6. The van der Waals surface area contributed by atoms with Gasteiger partial charge in [0.25, 0.3) is 5.91 Å². The Hall–Kier alpha value is -3.17. The van der Waals surface area contributed by atoms with Gasteiger partial charge in [0.05, 0.1) is 11.2 Å². The minimum absolute atomic E-state index is 0.0508. The predicted molar refractivity (Wildman–Crippen MR) is 94.1 cm³/mol. The fourth-order valence-electron chi connectivity index (χ4n) is 3.30. The molecule has 3 heterocycles. The Morgan fingerprint density at radius 2 is 2.07 bits per heavy atom. The van der Waals surface area contributed by atoms with Gasteiger partial charge in [-0.15, -0.1) is 0 Å². The van der Waals surface area contributed by atoms with Crippen LogP contribution in [-0.4, -0.2) is 50.5 Å².